The van der Waals surface area contributed by atoms with Gasteiger partial charge in [-0.15, -0.1) is 0 Å². The average Bonchev–Trinajstić information content (AvgIpc) is 2.61. The third-order valence-electron chi connectivity index (χ3n) is 2.24. The van der Waals surface area contributed by atoms with Crippen LogP contribution >= 0.6 is 0 Å². The van der Waals surface area contributed by atoms with E-state index in [-0.39, 0.29) is 0 Å². The smallest absolute Gasteiger partial charge is 0.218 e. The highest BCUT2D eigenvalue weighted by atomic mass is 16.5. The lowest BCUT2D eigenvalue weighted by molar-refractivity contribution is 0.441. The standard InChI is InChI=1S/C10H8N2O/c1-2-4-9-7(3-1)5-8-6-11-12-10(8)13-9/h1-4,6H,5H2,(H,11,12). The highest BCUT2D eigenvalue weighted by molar-refractivity contribution is 5.45. The normalized spacial score (nSPS) is 12.9. The van der Waals surface area contributed by atoms with Crippen LogP contribution in [-0.2, 0) is 6.42 Å². The average molecular weight is 172 g/mol. The summed E-state index contributed by atoms with van der Waals surface area (Å²) in [6.45, 7) is 0. The molecule has 1 N–H and O–H groups in total. The Morgan fingerprint density at radius 2 is 2.15 bits per heavy atom. The fraction of sp³-hybridized carbons (Fsp3) is 0.100. The summed E-state index contributed by atoms with van der Waals surface area (Å²) >= 11 is 0. The third-order valence-corrected chi connectivity index (χ3v) is 2.24. The summed E-state index contributed by atoms with van der Waals surface area (Å²) in [7, 11) is 0. The van der Waals surface area contributed by atoms with Crippen molar-refractivity contribution in [2.45, 2.75) is 6.42 Å². The van der Waals surface area contributed by atoms with E-state index in [4.69, 9.17) is 4.74 Å². The zero-order valence-corrected chi connectivity index (χ0v) is 6.95. The summed E-state index contributed by atoms with van der Waals surface area (Å²) in [6.07, 6.45) is 2.72. The summed E-state index contributed by atoms with van der Waals surface area (Å²) in [4.78, 5) is 0. The van der Waals surface area contributed by atoms with Gasteiger partial charge < -0.3 is 4.74 Å². The van der Waals surface area contributed by atoms with E-state index in [1.807, 2.05) is 24.4 Å². The first-order chi connectivity index (χ1) is 6.43. The van der Waals surface area contributed by atoms with Gasteiger partial charge in [0.25, 0.3) is 0 Å². The van der Waals surface area contributed by atoms with Crippen LogP contribution in [0.3, 0.4) is 0 Å². The highest BCUT2D eigenvalue weighted by Gasteiger charge is 2.17. The van der Waals surface area contributed by atoms with Gasteiger partial charge in [0, 0.05) is 12.0 Å². The Morgan fingerprint density at radius 3 is 3.15 bits per heavy atom. The second-order valence-corrected chi connectivity index (χ2v) is 3.11. The van der Waals surface area contributed by atoms with Crippen LogP contribution in [0, 0.1) is 0 Å². The first-order valence-electron chi connectivity index (χ1n) is 4.21. The zero-order valence-electron chi connectivity index (χ0n) is 6.95. The summed E-state index contributed by atoms with van der Waals surface area (Å²) in [5.74, 6) is 1.71. The number of nitrogens with zero attached hydrogens (tertiary/aromatic N) is 1. The van der Waals surface area contributed by atoms with E-state index < -0.39 is 0 Å². The Kier molecular flexibility index (Phi) is 1.22. The monoisotopic (exact) mass is 172 g/mol. The third kappa shape index (κ3) is 0.935. The van der Waals surface area contributed by atoms with E-state index in [2.05, 4.69) is 16.3 Å². The van der Waals surface area contributed by atoms with Gasteiger partial charge in [0.15, 0.2) is 0 Å². The van der Waals surface area contributed by atoms with Crippen LogP contribution in [0.25, 0.3) is 0 Å². The molecule has 0 bridgehead atoms. The second-order valence-electron chi connectivity index (χ2n) is 3.11. The molecule has 0 radical (unpaired) electrons. The zero-order chi connectivity index (χ0) is 8.67. The molecule has 64 valence electrons. The molecule has 1 aromatic carbocycles. The fourth-order valence-corrected chi connectivity index (χ4v) is 1.58. The number of hydrogen-bond acceptors (Lipinski definition) is 2. The van der Waals surface area contributed by atoms with E-state index in [1.54, 1.807) is 0 Å². The Morgan fingerprint density at radius 1 is 1.23 bits per heavy atom. The fourth-order valence-electron chi connectivity index (χ4n) is 1.58. The van der Waals surface area contributed by atoms with Gasteiger partial charge in [0.05, 0.1) is 6.20 Å². The Labute approximate surface area is 75.4 Å². The molecular formula is C10H8N2O. The number of aromatic amines is 1. The Bertz CT molecular complexity index is 408. The molecule has 2 aromatic rings. The van der Waals surface area contributed by atoms with Crippen LogP contribution in [-0.4, -0.2) is 10.2 Å². The van der Waals surface area contributed by atoms with E-state index in [0.717, 1.165) is 23.6 Å². The van der Waals surface area contributed by atoms with Crippen LogP contribution in [0.15, 0.2) is 30.5 Å². The largest absolute Gasteiger partial charge is 0.439 e. The number of para-hydroxylation sites is 1. The topological polar surface area (TPSA) is 37.9 Å². The summed E-state index contributed by atoms with van der Waals surface area (Å²) in [5, 5.41) is 6.76. The van der Waals surface area contributed by atoms with Crippen LogP contribution in [0.1, 0.15) is 11.1 Å². The lowest BCUT2D eigenvalue weighted by Gasteiger charge is -2.15. The van der Waals surface area contributed by atoms with E-state index >= 15 is 0 Å². The summed E-state index contributed by atoms with van der Waals surface area (Å²) in [6, 6.07) is 8.04. The molecular weight excluding hydrogens is 164 g/mol. The molecule has 0 saturated carbocycles. The SMILES string of the molecule is c1ccc2c(c1)Cc1cn[nH]c1O2. The lowest BCUT2D eigenvalue weighted by atomic mass is 10.0. The van der Waals surface area contributed by atoms with Crippen LogP contribution < -0.4 is 4.74 Å². The van der Waals surface area contributed by atoms with Crippen molar-refractivity contribution in [3.8, 4) is 11.6 Å². The molecule has 0 spiro atoms. The quantitative estimate of drug-likeness (QED) is 0.564. The van der Waals surface area contributed by atoms with Crippen LogP contribution in [0.2, 0.25) is 0 Å². The van der Waals surface area contributed by atoms with Gasteiger partial charge in [0.2, 0.25) is 5.88 Å². The van der Waals surface area contributed by atoms with Gasteiger partial charge in [-0.3, -0.25) is 0 Å². The molecule has 1 aromatic heterocycles. The molecule has 13 heavy (non-hydrogen) atoms. The second kappa shape index (κ2) is 2.36. The first-order valence-corrected chi connectivity index (χ1v) is 4.21. The minimum atomic E-state index is 0.777. The van der Waals surface area contributed by atoms with Gasteiger partial charge in [0.1, 0.15) is 5.75 Å². The minimum Gasteiger partial charge on any atom is -0.439 e. The van der Waals surface area contributed by atoms with Crippen LogP contribution in [0.5, 0.6) is 11.6 Å². The summed E-state index contributed by atoms with van der Waals surface area (Å²) in [5.41, 5.74) is 2.34. The molecule has 3 rings (SSSR count). The van der Waals surface area contributed by atoms with Crippen molar-refractivity contribution in [1.29, 1.82) is 0 Å². The van der Waals surface area contributed by atoms with Crippen molar-refractivity contribution in [2.24, 2.45) is 0 Å². The highest BCUT2D eigenvalue weighted by Crippen LogP contribution is 2.33. The number of hydrogen-bond donors (Lipinski definition) is 1. The predicted molar refractivity (Wildman–Crippen MR) is 47.9 cm³/mol. The molecule has 3 heteroatoms. The molecule has 1 aliphatic heterocycles. The molecule has 3 nitrogen and oxygen atoms in total. The number of H-pyrrole nitrogens is 1. The van der Waals surface area contributed by atoms with Gasteiger partial charge in [-0.25, -0.2) is 5.10 Å². The lowest BCUT2D eigenvalue weighted by Crippen LogP contribution is -2.00. The Hall–Kier alpha value is -1.77. The Balaban J connectivity index is 2.14. The molecule has 0 saturated heterocycles. The van der Waals surface area contributed by atoms with Crippen molar-refractivity contribution in [3.63, 3.8) is 0 Å². The number of rotatable bonds is 0. The van der Waals surface area contributed by atoms with E-state index in [9.17, 15) is 0 Å². The maximum absolute atomic E-state index is 5.60. The van der Waals surface area contributed by atoms with Gasteiger partial charge >= 0.3 is 0 Å². The van der Waals surface area contributed by atoms with Crippen molar-refractivity contribution >= 4 is 0 Å². The molecule has 2 heterocycles. The number of fused-ring (bicyclic) bond motifs is 2. The first kappa shape index (κ1) is 6.71. The summed E-state index contributed by atoms with van der Waals surface area (Å²) < 4.78 is 5.60. The molecule has 0 unspecified atom stereocenters. The van der Waals surface area contributed by atoms with Crippen molar-refractivity contribution in [3.05, 3.63) is 41.6 Å². The maximum Gasteiger partial charge on any atom is 0.218 e. The molecule has 0 fully saturated rings. The molecule has 0 amide bonds. The maximum atomic E-state index is 5.60. The van der Waals surface area contributed by atoms with Gasteiger partial charge in [-0.1, -0.05) is 18.2 Å². The number of nitrogens with one attached hydrogen (secondary N) is 1. The van der Waals surface area contributed by atoms with Crippen molar-refractivity contribution < 1.29 is 4.74 Å². The molecule has 0 aliphatic carbocycles. The predicted octanol–water partition coefficient (Wildman–Crippen LogP) is 2.11. The van der Waals surface area contributed by atoms with Gasteiger partial charge in [-0.05, 0) is 11.6 Å². The van der Waals surface area contributed by atoms with Gasteiger partial charge in [-0.2, -0.15) is 5.10 Å². The molecule has 0 atom stereocenters. The number of ether oxygens (including phenoxy) is 1. The van der Waals surface area contributed by atoms with Crippen molar-refractivity contribution in [1.82, 2.24) is 10.2 Å². The number of aromatic nitrogens is 2. The van der Waals surface area contributed by atoms with Crippen LogP contribution in [0.4, 0.5) is 0 Å². The number of benzene rings is 1. The molecule has 1 aliphatic rings. The van der Waals surface area contributed by atoms with E-state index in [0.29, 0.717) is 0 Å². The minimum absolute atomic E-state index is 0.777. The van der Waals surface area contributed by atoms with E-state index in [1.165, 1.54) is 5.56 Å². The van der Waals surface area contributed by atoms with Crippen molar-refractivity contribution in [2.75, 3.05) is 0 Å².